The van der Waals surface area contributed by atoms with E-state index in [0.717, 1.165) is 4.31 Å². The van der Waals surface area contributed by atoms with Crippen molar-refractivity contribution in [1.82, 2.24) is 5.43 Å². The number of nitro benzene ring substituents is 1. The summed E-state index contributed by atoms with van der Waals surface area (Å²) >= 11 is 0. The molecule has 0 unspecified atom stereocenters. The predicted octanol–water partition coefficient (Wildman–Crippen LogP) is 2.97. The van der Waals surface area contributed by atoms with Crippen molar-refractivity contribution in [2.24, 2.45) is 5.10 Å². The Morgan fingerprint density at radius 3 is 2.15 bits per heavy atom. The average Bonchev–Trinajstić information content (AvgIpc) is 2.95. The Bertz CT molecular complexity index is 1480. The van der Waals surface area contributed by atoms with Gasteiger partial charge >= 0.3 is 5.69 Å². The predicted molar refractivity (Wildman–Crippen MR) is 142 cm³/mol. The van der Waals surface area contributed by atoms with Gasteiger partial charge in [0.05, 0.1) is 50.2 Å². The molecular formula is C25H26N4O9S. The minimum Gasteiger partial charge on any atom is -0.497 e. The van der Waals surface area contributed by atoms with Crippen LogP contribution < -0.4 is 28.7 Å². The van der Waals surface area contributed by atoms with Gasteiger partial charge in [0.1, 0.15) is 12.3 Å². The number of hydrazone groups is 1. The van der Waals surface area contributed by atoms with Crippen LogP contribution >= 0.6 is 0 Å². The summed E-state index contributed by atoms with van der Waals surface area (Å²) in [6, 6.07) is 14.3. The van der Waals surface area contributed by atoms with Gasteiger partial charge in [0, 0.05) is 17.7 Å². The van der Waals surface area contributed by atoms with Gasteiger partial charge in [0.15, 0.2) is 17.2 Å². The number of rotatable bonds is 12. The van der Waals surface area contributed by atoms with Crippen LogP contribution in [0.25, 0.3) is 0 Å². The molecule has 1 amide bonds. The van der Waals surface area contributed by atoms with Crippen LogP contribution in [0.15, 0.2) is 70.7 Å². The van der Waals surface area contributed by atoms with Gasteiger partial charge in [0.25, 0.3) is 15.9 Å². The molecule has 0 aromatic heterocycles. The Labute approximate surface area is 224 Å². The molecule has 13 nitrogen and oxygen atoms in total. The zero-order valence-corrected chi connectivity index (χ0v) is 22.3. The molecule has 0 spiro atoms. The van der Waals surface area contributed by atoms with Crippen molar-refractivity contribution in [2.45, 2.75) is 4.90 Å². The van der Waals surface area contributed by atoms with E-state index in [2.05, 4.69) is 10.5 Å². The van der Waals surface area contributed by atoms with Gasteiger partial charge in [-0.1, -0.05) is 0 Å². The summed E-state index contributed by atoms with van der Waals surface area (Å²) in [5.41, 5.74) is 2.47. The summed E-state index contributed by atoms with van der Waals surface area (Å²) in [5.74, 6) is 0.310. The Morgan fingerprint density at radius 1 is 0.923 bits per heavy atom. The highest BCUT2D eigenvalue weighted by Gasteiger charge is 2.28. The fraction of sp³-hybridized carbons (Fsp3) is 0.200. The van der Waals surface area contributed by atoms with E-state index >= 15 is 0 Å². The molecule has 0 bridgehead atoms. The molecule has 0 aliphatic rings. The maximum Gasteiger partial charge on any atom is 0.311 e. The molecule has 3 rings (SSSR count). The van der Waals surface area contributed by atoms with Crippen LogP contribution in [-0.4, -0.2) is 60.4 Å². The number of hydrogen-bond acceptors (Lipinski definition) is 10. The number of anilines is 1. The molecule has 0 saturated carbocycles. The first-order chi connectivity index (χ1) is 18.6. The van der Waals surface area contributed by atoms with Crippen LogP contribution in [0.1, 0.15) is 5.56 Å². The lowest BCUT2D eigenvalue weighted by molar-refractivity contribution is -0.385. The topological polar surface area (TPSA) is 159 Å². The molecule has 0 saturated heterocycles. The van der Waals surface area contributed by atoms with E-state index in [1.807, 2.05) is 0 Å². The molecule has 0 heterocycles. The second-order valence-corrected chi connectivity index (χ2v) is 9.57. The molecule has 0 aliphatic carbocycles. The normalized spacial score (nSPS) is 11.1. The van der Waals surface area contributed by atoms with E-state index in [0.29, 0.717) is 17.1 Å². The van der Waals surface area contributed by atoms with Crippen molar-refractivity contribution >= 4 is 33.5 Å². The summed E-state index contributed by atoms with van der Waals surface area (Å²) in [6.45, 7) is -0.636. The smallest absolute Gasteiger partial charge is 0.311 e. The van der Waals surface area contributed by atoms with Crippen molar-refractivity contribution in [3.05, 3.63) is 76.3 Å². The van der Waals surface area contributed by atoms with Gasteiger partial charge in [-0.15, -0.1) is 0 Å². The van der Waals surface area contributed by atoms with Gasteiger partial charge in [-0.25, -0.2) is 13.8 Å². The van der Waals surface area contributed by atoms with Crippen LogP contribution in [0.5, 0.6) is 23.0 Å². The summed E-state index contributed by atoms with van der Waals surface area (Å²) < 4.78 is 48.7. The Hall–Kier alpha value is -4.85. The van der Waals surface area contributed by atoms with E-state index in [1.54, 1.807) is 12.1 Å². The third-order valence-electron chi connectivity index (χ3n) is 5.39. The summed E-state index contributed by atoms with van der Waals surface area (Å²) in [4.78, 5) is 23.3. The Balaban J connectivity index is 1.89. The number of sulfonamides is 1. The van der Waals surface area contributed by atoms with Gasteiger partial charge in [0.2, 0.25) is 0 Å². The third kappa shape index (κ3) is 6.73. The second kappa shape index (κ2) is 12.6. The average molecular weight is 559 g/mol. The van der Waals surface area contributed by atoms with E-state index < -0.39 is 27.4 Å². The van der Waals surface area contributed by atoms with E-state index in [1.165, 1.54) is 83.2 Å². The van der Waals surface area contributed by atoms with Crippen molar-refractivity contribution < 1.29 is 37.1 Å². The van der Waals surface area contributed by atoms with Crippen molar-refractivity contribution in [3.63, 3.8) is 0 Å². The molecular weight excluding hydrogens is 532 g/mol. The van der Waals surface area contributed by atoms with E-state index in [-0.39, 0.29) is 27.8 Å². The highest BCUT2D eigenvalue weighted by molar-refractivity contribution is 7.92. The van der Waals surface area contributed by atoms with Gasteiger partial charge in [-0.2, -0.15) is 5.10 Å². The van der Waals surface area contributed by atoms with Gasteiger partial charge < -0.3 is 18.9 Å². The Morgan fingerprint density at radius 2 is 1.56 bits per heavy atom. The number of carbonyl (C=O) groups is 1. The van der Waals surface area contributed by atoms with E-state index in [9.17, 15) is 23.3 Å². The molecule has 14 heteroatoms. The zero-order valence-electron chi connectivity index (χ0n) is 21.5. The molecule has 0 fully saturated rings. The number of carbonyl (C=O) groups excluding carboxylic acids is 1. The van der Waals surface area contributed by atoms with Gasteiger partial charge in [-0.05, 0) is 48.5 Å². The maximum absolute atomic E-state index is 13.7. The summed E-state index contributed by atoms with van der Waals surface area (Å²) in [7, 11) is 1.30. The standard InChI is InChI=1S/C25H26N4O9S/c1-35-19-8-6-18(7-9-19)28(39(33,34)20-10-12-23(37-3)24(14-20)38-4)16-25(30)27-26-15-17-5-11-22(36-2)21(13-17)29(31)32/h5-15H,16H2,1-4H3,(H,27,30)/b26-15-. The Kier molecular flexibility index (Phi) is 9.28. The lowest BCUT2D eigenvalue weighted by Crippen LogP contribution is -2.39. The number of ether oxygens (including phenoxy) is 4. The number of hydrogen-bond donors (Lipinski definition) is 1. The second-order valence-electron chi connectivity index (χ2n) is 7.71. The van der Waals surface area contributed by atoms with Crippen LogP contribution in [-0.2, 0) is 14.8 Å². The third-order valence-corrected chi connectivity index (χ3v) is 7.16. The lowest BCUT2D eigenvalue weighted by atomic mass is 10.2. The highest BCUT2D eigenvalue weighted by atomic mass is 32.2. The van der Waals surface area contributed by atoms with Crippen molar-refractivity contribution in [3.8, 4) is 23.0 Å². The summed E-state index contributed by atoms with van der Waals surface area (Å²) in [6.07, 6.45) is 1.19. The molecule has 3 aromatic rings. The molecule has 206 valence electrons. The molecule has 0 aliphatic heterocycles. The number of amides is 1. The van der Waals surface area contributed by atoms with Crippen LogP contribution in [0.4, 0.5) is 11.4 Å². The minimum absolute atomic E-state index is 0.0664. The minimum atomic E-state index is -4.27. The SMILES string of the molecule is COc1ccc(N(CC(=O)N/N=C\c2ccc(OC)c([N+](=O)[O-])c2)S(=O)(=O)c2ccc(OC)c(OC)c2)cc1. The molecule has 39 heavy (non-hydrogen) atoms. The first kappa shape index (κ1) is 28.7. The van der Waals surface area contributed by atoms with Crippen LogP contribution in [0.3, 0.4) is 0 Å². The van der Waals surface area contributed by atoms with E-state index in [4.69, 9.17) is 18.9 Å². The zero-order chi connectivity index (χ0) is 28.6. The molecule has 0 atom stereocenters. The van der Waals surface area contributed by atoms with Gasteiger partial charge in [-0.3, -0.25) is 19.2 Å². The van der Waals surface area contributed by atoms with Crippen LogP contribution in [0, 0.1) is 10.1 Å². The monoisotopic (exact) mass is 558 g/mol. The number of methoxy groups -OCH3 is 4. The maximum atomic E-state index is 13.7. The number of nitrogens with one attached hydrogen (secondary N) is 1. The number of nitro groups is 1. The molecule has 3 aromatic carbocycles. The van der Waals surface area contributed by atoms with Crippen LogP contribution in [0.2, 0.25) is 0 Å². The number of nitrogens with zero attached hydrogens (tertiary/aromatic N) is 3. The summed E-state index contributed by atoms with van der Waals surface area (Å²) in [5, 5.41) is 15.0. The molecule has 1 N–H and O–H groups in total. The van der Waals surface area contributed by atoms with Crippen molar-refractivity contribution in [2.75, 3.05) is 39.3 Å². The largest absolute Gasteiger partial charge is 0.497 e. The highest BCUT2D eigenvalue weighted by Crippen LogP contribution is 2.32. The first-order valence-electron chi connectivity index (χ1n) is 11.2. The lowest BCUT2D eigenvalue weighted by Gasteiger charge is -2.24. The molecule has 0 radical (unpaired) electrons. The fourth-order valence-corrected chi connectivity index (χ4v) is 4.88. The quantitative estimate of drug-likeness (QED) is 0.200. The first-order valence-corrected chi connectivity index (χ1v) is 12.6. The fourth-order valence-electron chi connectivity index (χ4n) is 3.44. The van der Waals surface area contributed by atoms with Crippen molar-refractivity contribution in [1.29, 1.82) is 0 Å². The number of benzene rings is 3.